The number of amides is 1. The average molecular weight is 409 g/mol. The van der Waals surface area contributed by atoms with E-state index in [1.165, 1.54) is 0 Å². The van der Waals surface area contributed by atoms with Gasteiger partial charge >= 0.3 is 0 Å². The van der Waals surface area contributed by atoms with Crippen molar-refractivity contribution in [3.05, 3.63) is 78.6 Å². The van der Waals surface area contributed by atoms with Gasteiger partial charge in [-0.05, 0) is 36.4 Å². The molecule has 0 bridgehead atoms. The van der Waals surface area contributed by atoms with Gasteiger partial charge in [0.15, 0.2) is 0 Å². The molecular formula is C25H36N4O. The summed E-state index contributed by atoms with van der Waals surface area (Å²) in [5.41, 5.74) is 2.32. The second-order valence-electron chi connectivity index (χ2n) is 5.36. The lowest BCUT2D eigenvalue weighted by Gasteiger charge is -2.20. The number of hydrogen-bond acceptors (Lipinski definition) is 4. The summed E-state index contributed by atoms with van der Waals surface area (Å²) in [6.07, 6.45) is 3.38. The smallest absolute Gasteiger partial charge is 0.258 e. The van der Waals surface area contributed by atoms with Crippen LogP contribution in [-0.4, -0.2) is 30.0 Å². The van der Waals surface area contributed by atoms with Gasteiger partial charge < -0.3 is 9.80 Å². The summed E-state index contributed by atoms with van der Waals surface area (Å²) in [5.74, 6) is 0.518. The Bertz CT molecular complexity index is 823. The van der Waals surface area contributed by atoms with Crippen molar-refractivity contribution in [2.45, 2.75) is 41.5 Å². The second-order valence-corrected chi connectivity index (χ2v) is 5.36. The number of para-hydroxylation sites is 1. The van der Waals surface area contributed by atoms with Crippen molar-refractivity contribution in [1.29, 1.82) is 0 Å². The normalized spacial score (nSPS) is 8.80. The minimum absolute atomic E-state index is 0.0644. The fourth-order valence-electron chi connectivity index (χ4n) is 2.39. The van der Waals surface area contributed by atoms with Crippen molar-refractivity contribution >= 4 is 23.2 Å². The molecule has 3 rings (SSSR count). The highest BCUT2D eigenvalue weighted by atomic mass is 16.2. The summed E-state index contributed by atoms with van der Waals surface area (Å²) in [4.78, 5) is 24.7. The number of carbonyl (C=O) groups excluding carboxylic acids is 1. The molecule has 0 aliphatic heterocycles. The van der Waals surface area contributed by atoms with Gasteiger partial charge in [0.05, 0.1) is 0 Å². The molecule has 0 aliphatic carbocycles. The third-order valence-corrected chi connectivity index (χ3v) is 3.78. The fourth-order valence-corrected chi connectivity index (χ4v) is 2.39. The molecule has 0 N–H and O–H groups in total. The highest BCUT2D eigenvalue weighted by Gasteiger charge is 2.15. The molecule has 1 aromatic heterocycles. The van der Waals surface area contributed by atoms with Crippen LogP contribution in [-0.2, 0) is 0 Å². The molecule has 3 aromatic rings. The highest BCUT2D eigenvalue weighted by molar-refractivity contribution is 6.06. The molecule has 0 saturated heterocycles. The van der Waals surface area contributed by atoms with Crippen LogP contribution in [0.2, 0.25) is 0 Å². The summed E-state index contributed by atoms with van der Waals surface area (Å²) in [7, 11) is 3.65. The lowest BCUT2D eigenvalue weighted by atomic mass is 10.1. The molecule has 2 aromatic carbocycles. The molecule has 30 heavy (non-hydrogen) atoms. The zero-order valence-corrected chi connectivity index (χ0v) is 19.6. The van der Waals surface area contributed by atoms with Gasteiger partial charge in [0.2, 0.25) is 5.95 Å². The Morgan fingerprint density at radius 1 is 0.700 bits per heavy atom. The van der Waals surface area contributed by atoms with Crippen molar-refractivity contribution < 1.29 is 4.79 Å². The van der Waals surface area contributed by atoms with E-state index in [1.807, 2.05) is 108 Å². The van der Waals surface area contributed by atoms with E-state index in [2.05, 4.69) is 9.97 Å². The first-order chi connectivity index (χ1) is 14.7. The molecule has 162 valence electrons. The van der Waals surface area contributed by atoms with Gasteiger partial charge in [0.1, 0.15) is 0 Å². The van der Waals surface area contributed by atoms with Crippen LogP contribution in [0.25, 0.3) is 0 Å². The Morgan fingerprint density at radius 3 is 1.80 bits per heavy atom. The van der Waals surface area contributed by atoms with Crippen LogP contribution >= 0.6 is 0 Å². The standard InChI is InChI=1S/C19H18N4O.3C2H6/c1-22(16-9-4-3-5-10-16)18(24)15-8-6-11-17(14-15)23(2)19-20-12-7-13-21-19;3*1-2/h3-14H,1-2H3;3*1-2H3. The van der Waals surface area contributed by atoms with E-state index in [0.29, 0.717) is 11.5 Å². The van der Waals surface area contributed by atoms with Gasteiger partial charge in [-0.2, -0.15) is 0 Å². The first-order valence-corrected chi connectivity index (χ1v) is 10.6. The van der Waals surface area contributed by atoms with E-state index in [-0.39, 0.29) is 5.91 Å². The predicted molar refractivity (Wildman–Crippen MR) is 130 cm³/mol. The van der Waals surface area contributed by atoms with Crippen LogP contribution in [0.4, 0.5) is 17.3 Å². The van der Waals surface area contributed by atoms with Crippen LogP contribution in [0.1, 0.15) is 51.9 Å². The molecule has 0 fully saturated rings. The molecule has 5 heteroatoms. The Balaban J connectivity index is 0.00000129. The number of carbonyl (C=O) groups is 1. The van der Waals surface area contributed by atoms with Gasteiger partial charge in [0.25, 0.3) is 5.91 Å². The minimum atomic E-state index is -0.0644. The van der Waals surface area contributed by atoms with Crippen molar-refractivity contribution in [1.82, 2.24) is 9.97 Å². The van der Waals surface area contributed by atoms with Crippen LogP contribution < -0.4 is 9.80 Å². The van der Waals surface area contributed by atoms with Gasteiger partial charge in [0, 0.05) is 43.4 Å². The number of anilines is 3. The molecule has 0 saturated carbocycles. The summed E-state index contributed by atoms with van der Waals surface area (Å²) in [6.45, 7) is 12.0. The zero-order valence-electron chi connectivity index (χ0n) is 19.6. The zero-order chi connectivity index (χ0) is 22.9. The maximum atomic E-state index is 12.7. The second kappa shape index (κ2) is 15.7. The molecular weight excluding hydrogens is 372 g/mol. The molecule has 0 radical (unpaired) electrons. The minimum Gasteiger partial charge on any atom is -0.314 e. The molecule has 0 unspecified atom stereocenters. The van der Waals surface area contributed by atoms with Crippen molar-refractivity contribution in [3.8, 4) is 0 Å². The number of hydrogen-bond donors (Lipinski definition) is 0. The van der Waals surface area contributed by atoms with Crippen LogP contribution in [0.15, 0.2) is 73.1 Å². The van der Waals surface area contributed by atoms with E-state index in [0.717, 1.165) is 11.4 Å². The van der Waals surface area contributed by atoms with E-state index in [1.54, 1.807) is 30.4 Å². The Morgan fingerprint density at radius 2 is 1.23 bits per heavy atom. The quantitative estimate of drug-likeness (QED) is 0.488. The fraction of sp³-hybridized carbons (Fsp3) is 0.320. The van der Waals surface area contributed by atoms with Gasteiger partial charge in [-0.15, -0.1) is 0 Å². The molecule has 0 aliphatic rings. The van der Waals surface area contributed by atoms with Crippen molar-refractivity contribution in [3.63, 3.8) is 0 Å². The van der Waals surface area contributed by atoms with Crippen LogP contribution in [0, 0.1) is 0 Å². The predicted octanol–water partition coefficient (Wildman–Crippen LogP) is 6.60. The monoisotopic (exact) mass is 408 g/mol. The largest absolute Gasteiger partial charge is 0.314 e. The molecule has 0 spiro atoms. The number of rotatable bonds is 4. The molecule has 1 heterocycles. The molecule has 5 nitrogen and oxygen atoms in total. The maximum absolute atomic E-state index is 12.7. The number of aromatic nitrogens is 2. The van der Waals surface area contributed by atoms with E-state index >= 15 is 0 Å². The maximum Gasteiger partial charge on any atom is 0.258 e. The average Bonchev–Trinajstić information content (AvgIpc) is 2.87. The summed E-state index contributed by atoms with van der Waals surface area (Å²) in [5, 5.41) is 0. The lowest BCUT2D eigenvalue weighted by molar-refractivity contribution is 0.0993. The molecule has 1 amide bonds. The first-order valence-electron chi connectivity index (χ1n) is 10.6. The summed E-state index contributed by atoms with van der Waals surface area (Å²) >= 11 is 0. The van der Waals surface area contributed by atoms with Crippen LogP contribution in [0.5, 0.6) is 0 Å². The van der Waals surface area contributed by atoms with E-state index in [4.69, 9.17) is 0 Å². The van der Waals surface area contributed by atoms with E-state index < -0.39 is 0 Å². The third-order valence-electron chi connectivity index (χ3n) is 3.78. The third kappa shape index (κ3) is 7.66. The van der Waals surface area contributed by atoms with Crippen LogP contribution in [0.3, 0.4) is 0 Å². The number of benzene rings is 2. The Labute approximate surface area is 182 Å². The van der Waals surface area contributed by atoms with Gasteiger partial charge in [-0.25, -0.2) is 9.97 Å². The van der Waals surface area contributed by atoms with Gasteiger partial charge in [-0.1, -0.05) is 65.8 Å². The molecule has 0 atom stereocenters. The SMILES string of the molecule is CC.CC.CC.CN(C(=O)c1cccc(N(C)c2ncccn2)c1)c1ccccc1. The van der Waals surface area contributed by atoms with Crippen molar-refractivity contribution in [2.75, 3.05) is 23.9 Å². The Kier molecular flexibility index (Phi) is 14.0. The summed E-state index contributed by atoms with van der Waals surface area (Å²) < 4.78 is 0. The topological polar surface area (TPSA) is 49.3 Å². The first kappa shape index (κ1) is 26.8. The Hall–Kier alpha value is -3.21. The summed E-state index contributed by atoms with van der Waals surface area (Å²) in [6, 6.07) is 18.8. The highest BCUT2D eigenvalue weighted by Crippen LogP contribution is 2.22. The van der Waals surface area contributed by atoms with Gasteiger partial charge in [-0.3, -0.25) is 4.79 Å². The van der Waals surface area contributed by atoms with E-state index in [9.17, 15) is 4.79 Å². The lowest BCUT2D eigenvalue weighted by Crippen LogP contribution is -2.26. The van der Waals surface area contributed by atoms with Crippen molar-refractivity contribution in [2.24, 2.45) is 0 Å². The number of nitrogens with zero attached hydrogens (tertiary/aromatic N) is 4.